The lowest BCUT2D eigenvalue weighted by molar-refractivity contribution is -0.138. The fourth-order valence-electron chi connectivity index (χ4n) is 5.48. The van der Waals surface area contributed by atoms with Crippen LogP contribution in [0.15, 0.2) is 105 Å². The van der Waals surface area contributed by atoms with Crippen LogP contribution in [-0.4, -0.2) is 43.9 Å². The summed E-state index contributed by atoms with van der Waals surface area (Å²) in [4.78, 5) is 45.3. The summed E-state index contributed by atoms with van der Waals surface area (Å²) in [6, 6.07) is 24.2. The fourth-order valence-corrected chi connectivity index (χ4v) is 6.46. The number of thiazole rings is 1. The number of fused-ring (bicyclic) bond motifs is 1. The second-order valence-electron chi connectivity index (χ2n) is 10.5. The normalized spacial score (nSPS) is 14.2. The van der Waals surface area contributed by atoms with E-state index in [0.717, 1.165) is 5.56 Å². The molecule has 3 heterocycles. The number of esters is 2. The molecule has 0 saturated carbocycles. The number of nitrogens with zero attached hydrogens (tertiary/aromatic N) is 2. The summed E-state index contributed by atoms with van der Waals surface area (Å²) >= 11 is 1.19. The van der Waals surface area contributed by atoms with Crippen molar-refractivity contribution in [3.05, 3.63) is 133 Å². The maximum absolute atomic E-state index is 14.2. The zero-order chi connectivity index (χ0) is 33.8. The summed E-state index contributed by atoms with van der Waals surface area (Å²) in [6.07, 6.45) is 1.65. The molecule has 1 atom stereocenters. The van der Waals surface area contributed by atoms with Crippen LogP contribution >= 0.6 is 11.3 Å². The Labute approximate surface area is 279 Å². The van der Waals surface area contributed by atoms with Gasteiger partial charge in [0.15, 0.2) is 16.3 Å². The molecule has 3 aromatic carbocycles. The van der Waals surface area contributed by atoms with Crippen molar-refractivity contribution >= 4 is 35.0 Å². The molecule has 0 amide bonds. The van der Waals surface area contributed by atoms with E-state index in [2.05, 4.69) is 0 Å². The molecule has 6 rings (SSSR count). The first kappa shape index (κ1) is 32.3. The first-order chi connectivity index (χ1) is 23.4. The van der Waals surface area contributed by atoms with Crippen LogP contribution in [-0.2, 0) is 14.3 Å². The average Bonchev–Trinajstić information content (AvgIpc) is 3.71. The van der Waals surface area contributed by atoms with Gasteiger partial charge >= 0.3 is 11.9 Å². The van der Waals surface area contributed by atoms with Crippen molar-refractivity contribution < 1.29 is 33.0 Å². The first-order valence-electron chi connectivity index (χ1n) is 15.2. The van der Waals surface area contributed by atoms with E-state index in [9.17, 15) is 14.4 Å². The van der Waals surface area contributed by atoms with Crippen LogP contribution in [0.5, 0.6) is 11.5 Å². The molecule has 0 bridgehead atoms. The lowest BCUT2D eigenvalue weighted by atomic mass is 9.93. The molecule has 1 aliphatic heterocycles. The molecule has 10 nitrogen and oxygen atoms in total. The molecule has 0 saturated heterocycles. The molecule has 0 unspecified atom stereocenters. The molecule has 0 spiro atoms. The van der Waals surface area contributed by atoms with Gasteiger partial charge in [-0.05, 0) is 55.8 Å². The molecule has 0 fully saturated rings. The first-order valence-corrected chi connectivity index (χ1v) is 16.1. The van der Waals surface area contributed by atoms with E-state index in [1.54, 1.807) is 74.5 Å². The van der Waals surface area contributed by atoms with Gasteiger partial charge in [0.1, 0.15) is 11.5 Å². The molecular weight excluding hydrogens is 632 g/mol. The Morgan fingerprint density at radius 2 is 1.56 bits per heavy atom. The lowest BCUT2D eigenvalue weighted by Crippen LogP contribution is -2.40. The van der Waals surface area contributed by atoms with Crippen LogP contribution in [0, 0.1) is 0 Å². The topological polar surface area (TPSA) is 119 Å². The minimum absolute atomic E-state index is 0.139. The van der Waals surface area contributed by atoms with Gasteiger partial charge in [-0.25, -0.2) is 14.6 Å². The second kappa shape index (κ2) is 14.0. The predicted molar refractivity (Wildman–Crippen MR) is 181 cm³/mol. The van der Waals surface area contributed by atoms with E-state index in [1.807, 2.05) is 30.3 Å². The largest absolute Gasteiger partial charge is 0.493 e. The van der Waals surface area contributed by atoms with Crippen molar-refractivity contribution in [2.45, 2.75) is 19.9 Å². The SMILES string of the molecule is CCOC(=O)C1=C(c2ccccc2)N=c2s/c(=C\c3ccc(-c4ccc(C(=O)OCC)cc4)o3)c(=O)n2[C@@H]1c1ccc(OC)c(OC)c1. The van der Waals surface area contributed by atoms with Gasteiger partial charge in [0.25, 0.3) is 5.56 Å². The Morgan fingerprint density at radius 3 is 2.25 bits per heavy atom. The van der Waals surface area contributed by atoms with E-state index in [0.29, 0.717) is 61.3 Å². The van der Waals surface area contributed by atoms with E-state index >= 15 is 0 Å². The van der Waals surface area contributed by atoms with Crippen molar-refractivity contribution in [2.24, 2.45) is 4.99 Å². The van der Waals surface area contributed by atoms with Crippen molar-refractivity contribution in [1.82, 2.24) is 4.57 Å². The highest BCUT2D eigenvalue weighted by atomic mass is 32.1. The smallest absolute Gasteiger partial charge is 0.338 e. The number of methoxy groups -OCH3 is 2. The van der Waals surface area contributed by atoms with Gasteiger partial charge in [0, 0.05) is 17.2 Å². The van der Waals surface area contributed by atoms with E-state index in [1.165, 1.54) is 30.1 Å². The highest BCUT2D eigenvalue weighted by molar-refractivity contribution is 7.07. The Morgan fingerprint density at radius 1 is 0.854 bits per heavy atom. The number of ether oxygens (including phenoxy) is 4. The summed E-state index contributed by atoms with van der Waals surface area (Å²) < 4.78 is 29.6. The van der Waals surface area contributed by atoms with Crippen molar-refractivity contribution in [3.8, 4) is 22.8 Å². The number of hydrogen-bond acceptors (Lipinski definition) is 10. The lowest BCUT2D eigenvalue weighted by Gasteiger charge is -2.26. The van der Waals surface area contributed by atoms with Crippen molar-refractivity contribution in [2.75, 3.05) is 27.4 Å². The van der Waals surface area contributed by atoms with Gasteiger partial charge in [0.2, 0.25) is 0 Å². The third kappa shape index (κ3) is 6.19. The molecule has 48 heavy (non-hydrogen) atoms. The number of hydrogen-bond donors (Lipinski definition) is 0. The Bertz CT molecular complexity index is 2190. The number of carbonyl (C=O) groups is 2. The molecular formula is C37H32N2O8S. The fraction of sp³-hybridized carbons (Fsp3) is 0.189. The van der Waals surface area contributed by atoms with Gasteiger partial charge in [-0.1, -0.05) is 59.9 Å². The van der Waals surface area contributed by atoms with Crippen LogP contribution < -0.4 is 24.4 Å². The quantitative estimate of drug-likeness (QED) is 0.183. The number of carbonyl (C=O) groups excluding carboxylic acids is 2. The summed E-state index contributed by atoms with van der Waals surface area (Å²) in [5.41, 5.74) is 2.78. The van der Waals surface area contributed by atoms with E-state index in [4.69, 9.17) is 28.4 Å². The summed E-state index contributed by atoms with van der Waals surface area (Å²) in [5, 5.41) is 0. The number of rotatable bonds is 10. The van der Waals surface area contributed by atoms with Crippen molar-refractivity contribution in [3.63, 3.8) is 0 Å². The van der Waals surface area contributed by atoms with Gasteiger partial charge < -0.3 is 23.4 Å². The number of furan rings is 1. The van der Waals surface area contributed by atoms with Crippen molar-refractivity contribution in [1.29, 1.82) is 0 Å². The monoisotopic (exact) mass is 664 g/mol. The molecule has 0 radical (unpaired) electrons. The molecule has 0 N–H and O–H groups in total. The minimum atomic E-state index is -0.887. The maximum atomic E-state index is 14.2. The maximum Gasteiger partial charge on any atom is 0.338 e. The second-order valence-corrected chi connectivity index (χ2v) is 11.6. The van der Waals surface area contributed by atoms with Crippen LogP contribution in [0.25, 0.3) is 23.1 Å². The van der Waals surface area contributed by atoms with Crippen LogP contribution in [0.2, 0.25) is 0 Å². The Kier molecular flexibility index (Phi) is 9.40. The number of benzene rings is 3. The average molecular weight is 665 g/mol. The highest BCUT2D eigenvalue weighted by Crippen LogP contribution is 2.38. The molecule has 0 aliphatic carbocycles. The summed E-state index contributed by atoms with van der Waals surface area (Å²) in [6.45, 7) is 3.92. The standard InChI is InChI=1S/C37H32N2O8S/c1-5-45-35(41)24-14-12-22(13-15-24)27-19-17-26(47-27)21-30-34(40)39-33(25-16-18-28(43-3)29(20-25)44-4)31(36(42)46-6-2)32(38-37(39)48-30)23-10-8-7-9-11-23/h7-21,33H,5-6H2,1-4H3/b30-21-/t33-/m1/s1. The van der Waals surface area contributed by atoms with Crippen LogP contribution in [0.1, 0.15) is 47.1 Å². The molecule has 1 aliphatic rings. The van der Waals surface area contributed by atoms with E-state index < -0.39 is 18.0 Å². The van der Waals surface area contributed by atoms with Gasteiger partial charge in [-0.3, -0.25) is 9.36 Å². The van der Waals surface area contributed by atoms with Gasteiger partial charge in [-0.2, -0.15) is 0 Å². The molecule has 11 heteroatoms. The van der Waals surface area contributed by atoms with Gasteiger partial charge in [0.05, 0.1) is 54.8 Å². The number of aromatic nitrogens is 1. The predicted octanol–water partition coefficient (Wildman–Crippen LogP) is 5.39. The third-order valence-electron chi connectivity index (χ3n) is 7.68. The molecule has 5 aromatic rings. The molecule has 244 valence electrons. The Balaban J connectivity index is 1.50. The summed E-state index contributed by atoms with van der Waals surface area (Å²) in [7, 11) is 3.06. The van der Waals surface area contributed by atoms with Crippen LogP contribution in [0.3, 0.4) is 0 Å². The molecule has 2 aromatic heterocycles. The minimum Gasteiger partial charge on any atom is -0.493 e. The summed E-state index contributed by atoms with van der Waals surface area (Å²) in [5.74, 6) is 0.968. The van der Waals surface area contributed by atoms with Crippen LogP contribution in [0.4, 0.5) is 0 Å². The Hall–Kier alpha value is -5.68. The highest BCUT2D eigenvalue weighted by Gasteiger charge is 2.35. The zero-order valence-electron chi connectivity index (χ0n) is 26.7. The zero-order valence-corrected chi connectivity index (χ0v) is 27.5. The third-order valence-corrected chi connectivity index (χ3v) is 8.66. The van der Waals surface area contributed by atoms with E-state index in [-0.39, 0.29) is 17.7 Å². The van der Waals surface area contributed by atoms with Gasteiger partial charge in [-0.15, -0.1) is 0 Å².